The Balaban J connectivity index is 1.67. The van der Waals surface area contributed by atoms with Gasteiger partial charge >= 0.3 is 5.97 Å². The van der Waals surface area contributed by atoms with Crippen molar-refractivity contribution in [2.24, 2.45) is 5.41 Å². The predicted octanol–water partition coefficient (Wildman–Crippen LogP) is 7.70. The highest BCUT2D eigenvalue weighted by Gasteiger charge is 2.36. The molecule has 3 aromatic carbocycles. The van der Waals surface area contributed by atoms with Crippen LogP contribution < -0.4 is 5.32 Å². The molecule has 34 heavy (non-hydrogen) atoms. The van der Waals surface area contributed by atoms with E-state index in [0.717, 1.165) is 34.4 Å². The van der Waals surface area contributed by atoms with Gasteiger partial charge in [-0.25, -0.2) is 9.18 Å². The standard InChI is InChI=1S/C30H34FNO2/c1-7-34-28(33)20-10-13-26-23(14-20)18-30(5,6)27(32-26)22-15-21(16-25(31)17-22)19-8-11-24(12-9-19)29(2,3)4/h8-17,27,32H,7,18H2,1-6H3. The van der Waals surface area contributed by atoms with E-state index in [1.165, 1.54) is 5.56 Å². The van der Waals surface area contributed by atoms with Crippen LogP contribution in [0.2, 0.25) is 0 Å². The monoisotopic (exact) mass is 459 g/mol. The van der Waals surface area contributed by atoms with E-state index >= 15 is 0 Å². The first-order chi connectivity index (χ1) is 16.0. The van der Waals surface area contributed by atoms with Crippen molar-refractivity contribution in [1.82, 2.24) is 0 Å². The Kier molecular flexibility index (Phi) is 6.28. The SMILES string of the molecule is CCOC(=O)c1ccc2c(c1)CC(C)(C)C(c1cc(F)cc(-c3ccc(C(C)(C)C)cc3)c1)N2. The number of carbonyl (C=O) groups is 1. The van der Waals surface area contributed by atoms with Crippen molar-refractivity contribution < 1.29 is 13.9 Å². The van der Waals surface area contributed by atoms with Crippen molar-refractivity contribution in [3.63, 3.8) is 0 Å². The van der Waals surface area contributed by atoms with Gasteiger partial charge in [-0.1, -0.05) is 58.9 Å². The summed E-state index contributed by atoms with van der Waals surface area (Å²) >= 11 is 0. The molecule has 1 aliphatic heterocycles. The van der Waals surface area contributed by atoms with Crippen LogP contribution in [0, 0.1) is 11.2 Å². The minimum Gasteiger partial charge on any atom is -0.462 e. The molecule has 1 aliphatic rings. The van der Waals surface area contributed by atoms with E-state index in [1.807, 2.05) is 12.1 Å². The highest BCUT2D eigenvalue weighted by molar-refractivity contribution is 5.90. The van der Waals surface area contributed by atoms with E-state index in [4.69, 9.17) is 4.74 Å². The van der Waals surface area contributed by atoms with E-state index in [9.17, 15) is 9.18 Å². The van der Waals surface area contributed by atoms with E-state index in [-0.39, 0.29) is 28.7 Å². The number of hydrogen-bond acceptors (Lipinski definition) is 3. The maximum absolute atomic E-state index is 14.8. The molecule has 0 fully saturated rings. The molecule has 3 nitrogen and oxygen atoms in total. The number of ether oxygens (including phenoxy) is 1. The first-order valence-electron chi connectivity index (χ1n) is 12.0. The van der Waals surface area contributed by atoms with Gasteiger partial charge in [-0.05, 0) is 88.4 Å². The Bertz CT molecular complexity index is 1210. The average Bonchev–Trinajstić information content (AvgIpc) is 2.77. The van der Waals surface area contributed by atoms with Crippen LogP contribution in [0.5, 0.6) is 0 Å². The number of esters is 1. The lowest BCUT2D eigenvalue weighted by atomic mass is 9.72. The van der Waals surface area contributed by atoms with Gasteiger partial charge in [-0.3, -0.25) is 0 Å². The molecular weight excluding hydrogens is 425 g/mol. The highest BCUT2D eigenvalue weighted by atomic mass is 19.1. The maximum Gasteiger partial charge on any atom is 0.338 e. The van der Waals surface area contributed by atoms with Crippen LogP contribution in [-0.2, 0) is 16.6 Å². The van der Waals surface area contributed by atoms with Crippen molar-refractivity contribution in [2.45, 2.75) is 59.4 Å². The van der Waals surface area contributed by atoms with E-state index < -0.39 is 0 Å². The summed E-state index contributed by atoms with van der Waals surface area (Å²) < 4.78 is 20.0. The second-order valence-corrected chi connectivity index (χ2v) is 10.9. The molecule has 4 rings (SSSR count). The molecule has 0 saturated heterocycles. The number of fused-ring (bicyclic) bond motifs is 1. The number of anilines is 1. The van der Waals surface area contributed by atoms with Gasteiger partial charge in [0.25, 0.3) is 0 Å². The van der Waals surface area contributed by atoms with Gasteiger partial charge in [0.1, 0.15) is 5.82 Å². The molecule has 0 spiro atoms. The summed E-state index contributed by atoms with van der Waals surface area (Å²) in [6.07, 6.45) is 0.763. The zero-order valence-electron chi connectivity index (χ0n) is 21.0. The van der Waals surface area contributed by atoms with Crippen molar-refractivity contribution in [3.8, 4) is 11.1 Å². The molecule has 0 aromatic heterocycles. The first-order valence-corrected chi connectivity index (χ1v) is 12.0. The summed E-state index contributed by atoms with van der Waals surface area (Å²) in [6, 6.07) is 19.3. The molecule has 3 aromatic rings. The molecule has 1 N–H and O–H groups in total. The average molecular weight is 460 g/mol. The molecule has 0 amide bonds. The van der Waals surface area contributed by atoms with Crippen LogP contribution in [0.25, 0.3) is 11.1 Å². The number of carbonyl (C=O) groups excluding carboxylic acids is 1. The maximum atomic E-state index is 14.8. The fourth-order valence-corrected chi connectivity index (χ4v) is 4.81. The van der Waals surface area contributed by atoms with E-state index in [2.05, 4.69) is 70.3 Å². The zero-order chi connectivity index (χ0) is 24.7. The number of rotatable bonds is 4. The quantitative estimate of drug-likeness (QED) is 0.406. The third-order valence-corrected chi connectivity index (χ3v) is 6.68. The summed E-state index contributed by atoms with van der Waals surface area (Å²) in [4.78, 5) is 12.2. The van der Waals surface area contributed by atoms with Crippen LogP contribution in [0.15, 0.2) is 60.7 Å². The highest BCUT2D eigenvalue weighted by Crippen LogP contribution is 2.46. The second-order valence-electron chi connectivity index (χ2n) is 10.9. The Morgan fingerprint density at radius 1 is 1.03 bits per heavy atom. The number of benzene rings is 3. The predicted molar refractivity (Wildman–Crippen MR) is 137 cm³/mol. The minimum atomic E-state index is -0.308. The van der Waals surface area contributed by atoms with Crippen LogP contribution in [0.1, 0.15) is 74.6 Å². The van der Waals surface area contributed by atoms with Gasteiger partial charge in [0.05, 0.1) is 18.2 Å². The molecule has 0 saturated carbocycles. The lowest BCUT2D eigenvalue weighted by molar-refractivity contribution is 0.0526. The first kappa shape index (κ1) is 24.0. The lowest BCUT2D eigenvalue weighted by Crippen LogP contribution is -2.35. The van der Waals surface area contributed by atoms with Crippen molar-refractivity contribution in [1.29, 1.82) is 0 Å². The van der Waals surface area contributed by atoms with Crippen molar-refractivity contribution in [3.05, 3.63) is 88.7 Å². The van der Waals surface area contributed by atoms with Gasteiger partial charge < -0.3 is 10.1 Å². The molecule has 0 aliphatic carbocycles. The molecule has 0 bridgehead atoms. The van der Waals surface area contributed by atoms with Gasteiger partial charge in [-0.2, -0.15) is 0 Å². The van der Waals surface area contributed by atoms with Gasteiger partial charge in [0.2, 0.25) is 0 Å². The van der Waals surface area contributed by atoms with E-state index in [0.29, 0.717) is 12.2 Å². The lowest BCUT2D eigenvalue weighted by Gasteiger charge is -2.41. The van der Waals surface area contributed by atoms with Gasteiger partial charge in [-0.15, -0.1) is 0 Å². The van der Waals surface area contributed by atoms with Crippen LogP contribution in [0.4, 0.5) is 10.1 Å². The van der Waals surface area contributed by atoms with Gasteiger partial charge in [0.15, 0.2) is 0 Å². The number of hydrogen-bond donors (Lipinski definition) is 1. The zero-order valence-corrected chi connectivity index (χ0v) is 21.0. The Morgan fingerprint density at radius 3 is 2.38 bits per heavy atom. The normalized spacial score (nSPS) is 17.0. The summed E-state index contributed by atoms with van der Waals surface area (Å²) in [5, 5.41) is 3.62. The fourth-order valence-electron chi connectivity index (χ4n) is 4.81. The molecular formula is C30H34FNO2. The Hall–Kier alpha value is -3.14. The summed E-state index contributed by atoms with van der Waals surface area (Å²) in [6.45, 7) is 13.1. The third kappa shape index (κ3) is 4.86. The Labute approximate surface area is 202 Å². The van der Waals surface area contributed by atoms with Crippen LogP contribution >= 0.6 is 0 Å². The summed E-state index contributed by atoms with van der Waals surface area (Å²) in [7, 11) is 0. The topological polar surface area (TPSA) is 38.3 Å². The smallest absolute Gasteiger partial charge is 0.338 e. The molecule has 0 radical (unpaired) electrons. The van der Waals surface area contributed by atoms with Crippen LogP contribution in [-0.4, -0.2) is 12.6 Å². The van der Waals surface area contributed by atoms with Crippen LogP contribution in [0.3, 0.4) is 0 Å². The van der Waals surface area contributed by atoms with E-state index in [1.54, 1.807) is 25.1 Å². The summed E-state index contributed by atoms with van der Waals surface area (Å²) in [5.74, 6) is -0.550. The third-order valence-electron chi connectivity index (χ3n) is 6.68. The van der Waals surface area contributed by atoms with Crippen molar-refractivity contribution in [2.75, 3.05) is 11.9 Å². The minimum absolute atomic E-state index is 0.0716. The largest absolute Gasteiger partial charge is 0.462 e. The molecule has 1 atom stereocenters. The number of nitrogens with one attached hydrogen (secondary N) is 1. The second kappa shape index (κ2) is 8.90. The number of halogens is 1. The van der Waals surface area contributed by atoms with Gasteiger partial charge in [0, 0.05) is 5.69 Å². The fraction of sp³-hybridized carbons (Fsp3) is 0.367. The molecule has 1 unspecified atom stereocenters. The molecule has 4 heteroatoms. The van der Waals surface area contributed by atoms with Crippen molar-refractivity contribution >= 4 is 11.7 Å². The Morgan fingerprint density at radius 2 is 1.74 bits per heavy atom. The summed E-state index contributed by atoms with van der Waals surface area (Å²) in [5.41, 5.74) is 6.52. The molecule has 1 heterocycles. The molecule has 178 valence electrons.